The van der Waals surface area contributed by atoms with Gasteiger partial charge in [-0.1, -0.05) is 30.3 Å². The van der Waals surface area contributed by atoms with Crippen molar-refractivity contribution in [1.82, 2.24) is 0 Å². The molecule has 0 spiro atoms. The molecule has 0 saturated heterocycles. The number of hydrogen-bond acceptors (Lipinski definition) is 2. The zero-order valence-corrected chi connectivity index (χ0v) is 10.7. The first-order valence-corrected chi connectivity index (χ1v) is 7.06. The lowest BCUT2D eigenvalue weighted by molar-refractivity contribution is 0.372. The van der Waals surface area contributed by atoms with Gasteiger partial charge in [0.15, 0.2) is 0 Å². The van der Waals surface area contributed by atoms with Gasteiger partial charge in [0.2, 0.25) is 0 Å². The Labute approximate surface area is 106 Å². The summed E-state index contributed by atoms with van der Waals surface area (Å²) in [6.45, 7) is 0. The van der Waals surface area contributed by atoms with Gasteiger partial charge in [0, 0.05) is 16.8 Å². The highest BCUT2D eigenvalue weighted by molar-refractivity contribution is 7.09. The second kappa shape index (κ2) is 4.28. The van der Waals surface area contributed by atoms with Crippen molar-refractivity contribution in [3.63, 3.8) is 0 Å². The number of thiophene rings is 1. The molecule has 0 radical (unpaired) electrons. The predicted molar refractivity (Wildman–Crippen MR) is 73.3 cm³/mol. The molecule has 0 fully saturated rings. The summed E-state index contributed by atoms with van der Waals surface area (Å²) in [6, 6.07) is 13.0. The van der Waals surface area contributed by atoms with Crippen LogP contribution in [0.15, 0.2) is 41.8 Å². The van der Waals surface area contributed by atoms with Gasteiger partial charge in [-0.15, -0.1) is 11.3 Å². The normalized spacial score (nSPS) is 23.4. The average molecular weight is 243 g/mol. The second-order valence-electron chi connectivity index (χ2n) is 4.92. The Bertz CT molecular complexity index is 503. The highest BCUT2D eigenvalue weighted by atomic mass is 32.1. The van der Waals surface area contributed by atoms with Gasteiger partial charge in [0.05, 0.1) is 0 Å². The minimum Gasteiger partial charge on any atom is -0.321 e. The van der Waals surface area contributed by atoms with Crippen LogP contribution < -0.4 is 5.73 Å². The van der Waals surface area contributed by atoms with E-state index < -0.39 is 0 Å². The Balaban J connectivity index is 1.98. The summed E-state index contributed by atoms with van der Waals surface area (Å²) in [6.07, 6.45) is 4.46. The smallest absolute Gasteiger partial charge is 0.0461 e. The molecule has 2 N–H and O–H groups in total. The topological polar surface area (TPSA) is 26.0 Å². The van der Waals surface area contributed by atoms with Gasteiger partial charge in [-0.2, -0.15) is 0 Å². The van der Waals surface area contributed by atoms with Crippen molar-refractivity contribution in [2.45, 2.75) is 31.2 Å². The van der Waals surface area contributed by atoms with Gasteiger partial charge in [-0.05, 0) is 41.8 Å². The minimum atomic E-state index is -0.153. The van der Waals surface area contributed by atoms with Crippen LogP contribution in [0.5, 0.6) is 0 Å². The Morgan fingerprint density at radius 2 is 2.06 bits per heavy atom. The molecule has 2 aromatic rings. The molecule has 1 unspecified atom stereocenters. The highest BCUT2D eigenvalue weighted by Gasteiger charge is 2.32. The van der Waals surface area contributed by atoms with Crippen LogP contribution in [0.25, 0.3) is 0 Å². The Hall–Kier alpha value is -1.12. The molecule has 1 aromatic carbocycles. The van der Waals surface area contributed by atoms with Crippen LogP contribution in [0.4, 0.5) is 0 Å². The van der Waals surface area contributed by atoms with Crippen molar-refractivity contribution in [2.24, 2.45) is 5.73 Å². The Morgan fingerprint density at radius 1 is 1.18 bits per heavy atom. The lowest BCUT2D eigenvalue weighted by Crippen LogP contribution is -2.41. The van der Waals surface area contributed by atoms with E-state index in [4.69, 9.17) is 5.73 Å². The van der Waals surface area contributed by atoms with E-state index in [-0.39, 0.29) is 5.54 Å². The lowest BCUT2D eigenvalue weighted by atomic mass is 9.75. The molecule has 1 atom stereocenters. The van der Waals surface area contributed by atoms with Crippen molar-refractivity contribution in [3.8, 4) is 0 Å². The SMILES string of the molecule is NC1(Cc2cccs2)CCCc2ccccc21. The first-order chi connectivity index (χ1) is 8.28. The molecule has 1 aliphatic carbocycles. The van der Waals surface area contributed by atoms with Crippen molar-refractivity contribution in [1.29, 1.82) is 0 Å². The molecular formula is C15H17NS. The third-order valence-corrected chi connectivity index (χ3v) is 4.57. The fourth-order valence-electron chi connectivity index (χ4n) is 2.86. The van der Waals surface area contributed by atoms with Gasteiger partial charge in [-0.3, -0.25) is 0 Å². The quantitative estimate of drug-likeness (QED) is 0.858. The number of fused-ring (bicyclic) bond motifs is 1. The molecule has 1 aliphatic rings. The van der Waals surface area contributed by atoms with Crippen LogP contribution in [0.2, 0.25) is 0 Å². The summed E-state index contributed by atoms with van der Waals surface area (Å²) in [7, 11) is 0. The third kappa shape index (κ3) is 2.03. The maximum atomic E-state index is 6.67. The van der Waals surface area contributed by atoms with E-state index >= 15 is 0 Å². The van der Waals surface area contributed by atoms with E-state index in [1.165, 1.54) is 28.8 Å². The molecule has 1 nitrogen and oxygen atoms in total. The average Bonchev–Trinajstić information content (AvgIpc) is 2.82. The van der Waals surface area contributed by atoms with Crippen LogP contribution in [0, 0.1) is 0 Å². The molecule has 3 rings (SSSR count). The first-order valence-electron chi connectivity index (χ1n) is 6.18. The van der Waals surface area contributed by atoms with Gasteiger partial charge in [0.25, 0.3) is 0 Å². The molecule has 88 valence electrons. The molecule has 2 heteroatoms. The summed E-state index contributed by atoms with van der Waals surface area (Å²) < 4.78 is 0. The van der Waals surface area contributed by atoms with Crippen molar-refractivity contribution in [3.05, 3.63) is 57.8 Å². The molecule has 0 bridgehead atoms. The van der Waals surface area contributed by atoms with Crippen molar-refractivity contribution < 1.29 is 0 Å². The molecular weight excluding hydrogens is 226 g/mol. The summed E-state index contributed by atoms with van der Waals surface area (Å²) >= 11 is 1.81. The standard InChI is InChI=1S/C15H17NS/c16-15(11-13-7-4-10-17-13)9-3-6-12-5-1-2-8-14(12)15/h1-2,4-5,7-8,10H,3,6,9,11,16H2. The Kier molecular flexibility index (Phi) is 2.77. The van der Waals surface area contributed by atoms with Crippen LogP contribution in [-0.4, -0.2) is 0 Å². The molecule has 0 aliphatic heterocycles. The zero-order chi connectivity index (χ0) is 11.7. The molecule has 1 heterocycles. The van der Waals surface area contributed by atoms with Gasteiger partial charge < -0.3 is 5.73 Å². The summed E-state index contributed by atoms with van der Waals surface area (Å²) in [4.78, 5) is 1.39. The number of aryl methyl sites for hydroxylation is 1. The van der Waals surface area contributed by atoms with Gasteiger partial charge in [0.1, 0.15) is 0 Å². The summed E-state index contributed by atoms with van der Waals surface area (Å²) in [5.74, 6) is 0. The second-order valence-corrected chi connectivity index (χ2v) is 5.96. The van der Waals surface area contributed by atoms with Crippen LogP contribution in [0.1, 0.15) is 28.8 Å². The highest BCUT2D eigenvalue weighted by Crippen LogP contribution is 2.36. The molecule has 1 aromatic heterocycles. The third-order valence-electron chi connectivity index (χ3n) is 3.69. The van der Waals surface area contributed by atoms with Gasteiger partial charge >= 0.3 is 0 Å². The van der Waals surface area contributed by atoms with Crippen LogP contribution in [0.3, 0.4) is 0 Å². The van der Waals surface area contributed by atoms with E-state index in [9.17, 15) is 0 Å². The number of hydrogen-bond donors (Lipinski definition) is 1. The van der Waals surface area contributed by atoms with E-state index in [0.717, 1.165) is 12.8 Å². The van der Waals surface area contributed by atoms with E-state index in [1.807, 2.05) is 11.3 Å². The van der Waals surface area contributed by atoms with E-state index in [1.54, 1.807) is 0 Å². The number of benzene rings is 1. The van der Waals surface area contributed by atoms with Crippen LogP contribution in [-0.2, 0) is 18.4 Å². The van der Waals surface area contributed by atoms with Crippen molar-refractivity contribution in [2.75, 3.05) is 0 Å². The molecule has 17 heavy (non-hydrogen) atoms. The van der Waals surface area contributed by atoms with Gasteiger partial charge in [-0.25, -0.2) is 0 Å². The predicted octanol–water partition coefficient (Wildman–Crippen LogP) is 3.48. The lowest BCUT2D eigenvalue weighted by Gasteiger charge is -2.35. The molecule has 0 amide bonds. The largest absolute Gasteiger partial charge is 0.321 e. The number of nitrogens with two attached hydrogens (primary N) is 1. The maximum Gasteiger partial charge on any atom is 0.0461 e. The minimum absolute atomic E-state index is 0.153. The zero-order valence-electron chi connectivity index (χ0n) is 9.86. The van der Waals surface area contributed by atoms with E-state index in [0.29, 0.717) is 0 Å². The monoisotopic (exact) mass is 243 g/mol. The fraction of sp³-hybridized carbons (Fsp3) is 0.333. The van der Waals surface area contributed by atoms with E-state index in [2.05, 4.69) is 41.8 Å². The number of rotatable bonds is 2. The summed E-state index contributed by atoms with van der Waals surface area (Å²) in [5.41, 5.74) is 9.32. The summed E-state index contributed by atoms with van der Waals surface area (Å²) in [5, 5.41) is 2.13. The fourth-order valence-corrected chi connectivity index (χ4v) is 3.69. The Morgan fingerprint density at radius 3 is 2.88 bits per heavy atom. The van der Waals surface area contributed by atoms with Crippen LogP contribution >= 0.6 is 11.3 Å². The first kappa shape index (κ1) is 11.0. The van der Waals surface area contributed by atoms with Crippen molar-refractivity contribution >= 4 is 11.3 Å². The maximum absolute atomic E-state index is 6.67. The molecule has 0 saturated carbocycles.